The topological polar surface area (TPSA) is 20.2 Å². The SMILES string of the molecule is CC12CCC(O)CC1CCC1C2CCC2(C)C1CC[C@@H]2CCCC1CCCC1. The quantitative estimate of drug-likeness (QED) is 0.535. The van der Waals surface area contributed by atoms with Crippen molar-refractivity contribution < 1.29 is 5.11 Å². The Morgan fingerprint density at radius 2 is 1.50 bits per heavy atom. The fraction of sp³-hybridized carbons (Fsp3) is 1.00. The van der Waals surface area contributed by atoms with E-state index >= 15 is 0 Å². The van der Waals surface area contributed by atoms with Gasteiger partial charge in [0, 0.05) is 0 Å². The van der Waals surface area contributed by atoms with Crippen LogP contribution < -0.4 is 0 Å². The Kier molecular flexibility index (Phi) is 5.39. The van der Waals surface area contributed by atoms with Crippen LogP contribution in [0.5, 0.6) is 0 Å². The summed E-state index contributed by atoms with van der Waals surface area (Å²) in [6.45, 7) is 5.36. The van der Waals surface area contributed by atoms with E-state index in [1.54, 1.807) is 0 Å². The standard InChI is InChI=1S/C27H46O/c1-26-17-15-25-23(12-10-21-18-22(28)14-16-27(21,25)2)24(26)13-11-20(26)9-5-8-19-6-3-4-7-19/h19-25,28H,3-18H2,1-2H3/t20-,21?,22?,23?,24?,25?,26?,27?/m0/s1. The first-order valence-corrected chi connectivity index (χ1v) is 13.2. The Bertz CT molecular complexity index is 550. The van der Waals surface area contributed by atoms with Crippen molar-refractivity contribution in [3.05, 3.63) is 0 Å². The fourth-order valence-corrected chi connectivity index (χ4v) is 9.77. The second-order valence-corrected chi connectivity index (χ2v) is 12.5. The van der Waals surface area contributed by atoms with Crippen molar-refractivity contribution in [2.75, 3.05) is 0 Å². The van der Waals surface area contributed by atoms with Crippen LogP contribution in [-0.4, -0.2) is 11.2 Å². The monoisotopic (exact) mass is 386 g/mol. The molecule has 0 heterocycles. The molecule has 1 heteroatoms. The predicted octanol–water partition coefficient (Wildman–Crippen LogP) is 7.37. The minimum atomic E-state index is -0.000732. The number of aliphatic hydroxyl groups excluding tert-OH is 1. The minimum Gasteiger partial charge on any atom is -0.393 e. The van der Waals surface area contributed by atoms with E-state index in [0.717, 1.165) is 48.3 Å². The van der Waals surface area contributed by atoms with Gasteiger partial charge in [0.15, 0.2) is 0 Å². The summed E-state index contributed by atoms with van der Waals surface area (Å²) < 4.78 is 0. The van der Waals surface area contributed by atoms with Crippen molar-refractivity contribution in [1.82, 2.24) is 0 Å². The molecule has 0 amide bonds. The Morgan fingerprint density at radius 1 is 0.750 bits per heavy atom. The lowest BCUT2D eigenvalue weighted by Gasteiger charge is -2.61. The average Bonchev–Trinajstić information content (AvgIpc) is 3.30. The Hall–Kier alpha value is -0.0400. The van der Waals surface area contributed by atoms with Crippen LogP contribution >= 0.6 is 0 Å². The molecule has 1 N–H and O–H groups in total. The molecule has 0 saturated heterocycles. The van der Waals surface area contributed by atoms with E-state index in [1.807, 2.05) is 0 Å². The van der Waals surface area contributed by atoms with Crippen molar-refractivity contribution in [3.8, 4) is 0 Å². The molecule has 5 aliphatic carbocycles. The first-order valence-electron chi connectivity index (χ1n) is 13.2. The van der Waals surface area contributed by atoms with Gasteiger partial charge >= 0.3 is 0 Å². The van der Waals surface area contributed by atoms with Gasteiger partial charge in [-0.1, -0.05) is 52.4 Å². The molecule has 5 rings (SSSR count). The fourth-order valence-electron chi connectivity index (χ4n) is 9.77. The molecule has 0 aromatic carbocycles. The second-order valence-electron chi connectivity index (χ2n) is 12.5. The summed E-state index contributed by atoms with van der Waals surface area (Å²) in [4.78, 5) is 0. The maximum atomic E-state index is 10.2. The third-order valence-electron chi connectivity index (χ3n) is 11.5. The summed E-state index contributed by atoms with van der Waals surface area (Å²) in [6, 6.07) is 0. The predicted molar refractivity (Wildman–Crippen MR) is 117 cm³/mol. The molecule has 1 nitrogen and oxygen atoms in total. The molecule has 5 saturated carbocycles. The first kappa shape index (κ1) is 19.9. The van der Waals surface area contributed by atoms with Crippen LogP contribution in [0.15, 0.2) is 0 Å². The third kappa shape index (κ3) is 3.21. The maximum Gasteiger partial charge on any atom is 0.0543 e. The van der Waals surface area contributed by atoms with Gasteiger partial charge in [0.25, 0.3) is 0 Å². The lowest BCUT2D eigenvalue weighted by atomic mass is 9.44. The molecule has 0 radical (unpaired) electrons. The van der Waals surface area contributed by atoms with Crippen LogP contribution in [0.25, 0.3) is 0 Å². The molecule has 5 fully saturated rings. The van der Waals surface area contributed by atoms with E-state index in [9.17, 15) is 5.11 Å². The van der Waals surface area contributed by atoms with Gasteiger partial charge in [0.05, 0.1) is 6.10 Å². The minimum absolute atomic E-state index is 0.000732. The molecule has 5 aliphatic rings. The maximum absolute atomic E-state index is 10.2. The smallest absolute Gasteiger partial charge is 0.0543 e. The summed E-state index contributed by atoms with van der Waals surface area (Å²) >= 11 is 0. The molecular formula is C27H46O. The summed E-state index contributed by atoms with van der Waals surface area (Å²) in [7, 11) is 0. The Morgan fingerprint density at radius 3 is 2.32 bits per heavy atom. The number of hydrogen-bond acceptors (Lipinski definition) is 1. The highest BCUT2D eigenvalue weighted by Crippen LogP contribution is 2.67. The third-order valence-corrected chi connectivity index (χ3v) is 11.5. The van der Waals surface area contributed by atoms with Gasteiger partial charge in [-0.2, -0.15) is 0 Å². The summed E-state index contributed by atoms with van der Waals surface area (Å²) in [5.41, 5.74) is 1.21. The normalized spacial score (nSPS) is 51.5. The second kappa shape index (κ2) is 7.58. The highest BCUT2D eigenvalue weighted by atomic mass is 16.3. The summed E-state index contributed by atoms with van der Waals surface area (Å²) in [6.07, 6.45) is 23.1. The van der Waals surface area contributed by atoms with Crippen LogP contribution in [0.2, 0.25) is 0 Å². The van der Waals surface area contributed by atoms with Gasteiger partial charge in [-0.3, -0.25) is 0 Å². The van der Waals surface area contributed by atoms with Gasteiger partial charge in [0.1, 0.15) is 0 Å². The van der Waals surface area contributed by atoms with Gasteiger partial charge in [-0.15, -0.1) is 0 Å². The van der Waals surface area contributed by atoms with Crippen LogP contribution in [0, 0.1) is 46.3 Å². The van der Waals surface area contributed by atoms with Crippen LogP contribution in [0.3, 0.4) is 0 Å². The molecule has 0 aliphatic heterocycles. The average molecular weight is 387 g/mol. The Balaban J connectivity index is 1.25. The van der Waals surface area contributed by atoms with E-state index in [4.69, 9.17) is 0 Å². The van der Waals surface area contributed by atoms with Crippen LogP contribution in [-0.2, 0) is 0 Å². The molecule has 8 atom stereocenters. The number of rotatable bonds is 4. The lowest BCUT2D eigenvalue weighted by Crippen LogP contribution is -2.53. The molecule has 7 unspecified atom stereocenters. The highest BCUT2D eigenvalue weighted by Gasteiger charge is 2.59. The van der Waals surface area contributed by atoms with Crippen molar-refractivity contribution in [2.45, 2.75) is 123 Å². The van der Waals surface area contributed by atoms with Gasteiger partial charge < -0.3 is 5.11 Å². The van der Waals surface area contributed by atoms with E-state index in [0.29, 0.717) is 10.8 Å². The van der Waals surface area contributed by atoms with Crippen molar-refractivity contribution >= 4 is 0 Å². The molecule has 0 spiro atoms. The van der Waals surface area contributed by atoms with Crippen molar-refractivity contribution in [1.29, 1.82) is 0 Å². The molecule has 0 aromatic heterocycles. The molecule has 160 valence electrons. The lowest BCUT2D eigenvalue weighted by molar-refractivity contribution is -0.127. The zero-order valence-corrected chi connectivity index (χ0v) is 18.8. The van der Waals surface area contributed by atoms with Gasteiger partial charge in [-0.05, 0) is 111 Å². The molecule has 0 aromatic rings. The van der Waals surface area contributed by atoms with Gasteiger partial charge in [-0.25, -0.2) is 0 Å². The van der Waals surface area contributed by atoms with E-state index < -0.39 is 0 Å². The Labute approximate surface area is 174 Å². The zero-order valence-electron chi connectivity index (χ0n) is 18.8. The number of fused-ring (bicyclic) bond motifs is 5. The summed E-state index contributed by atoms with van der Waals surface area (Å²) in [5, 5.41) is 10.2. The molecular weight excluding hydrogens is 340 g/mol. The van der Waals surface area contributed by atoms with Gasteiger partial charge in [0.2, 0.25) is 0 Å². The van der Waals surface area contributed by atoms with Crippen molar-refractivity contribution in [3.63, 3.8) is 0 Å². The van der Waals surface area contributed by atoms with E-state index in [2.05, 4.69) is 13.8 Å². The first-order chi connectivity index (χ1) is 13.5. The van der Waals surface area contributed by atoms with E-state index in [1.165, 1.54) is 89.9 Å². The summed E-state index contributed by atoms with van der Waals surface area (Å²) in [5.74, 6) is 5.91. The van der Waals surface area contributed by atoms with Crippen LogP contribution in [0.4, 0.5) is 0 Å². The number of hydrogen-bond donors (Lipinski definition) is 1. The molecule has 0 bridgehead atoms. The van der Waals surface area contributed by atoms with Crippen molar-refractivity contribution in [2.24, 2.45) is 46.3 Å². The van der Waals surface area contributed by atoms with Crippen LogP contribution in [0.1, 0.15) is 117 Å². The molecule has 28 heavy (non-hydrogen) atoms. The highest BCUT2D eigenvalue weighted by molar-refractivity contribution is 5.09. The largest absolute Gasteiger partial charge is 0.393 e. The zero-order chi connectivity index (χ0) is 19.4. The van der Waals surface area contributed by atoms with E-state index in [-0.39, 0.29) is 6.10 Å². The number of aliphatic hydroxyl groups is 1.